The molecule has 1 atom stereocenters. The van der Waals surface area contributed by atoms with Crippen LogP contribution in [0.25, 0.3) is 0 Å². The maximum Gasteiger partial charge on any atom is 0.0600 e. The van der Waals surface area contributed by atoms with Gasteiger partial charge in [0.1, 0.15) is 0 Å². The monoisotopic (exact) mass is 220 g/mol. The first-order chi connectivity index (χ1) is 5.22. The highest BCUT2D eigenvalue weighted by Crippen LogP contribution is 2.30. The predicted molar refractivity (Wildman–Crippen MR) is 51.2 cm³/mol. The molecule has 0 aromatic rings. The van der Waals surface area contributed by atoms with E-state index in [1.54, 1.807) is 0 Å². The molecule has 0 aromatic heterocycles. The van der Waals surface area contributed by atoms with Gasteiger partial charge in [0.2, 0.25) is 0 Å². The highest BCUT2D eigenvalue weighted by atomic mass is 79.9. The van der Waals surface area contributed by atoms with Gasteiger partial charge >= 0.3 is 0 Å². The Kier molecular flexibility index (Phi) is 3.86. The van der Waals surface area contributed by atoms with Gasteiger partial charge in [-0.2, -0.15) is 0 Å². The molecule has 1 unspecified atom stereocenters. The molecule has 1 fully saturated rings. The van der Waals surface area contributed by atoms with E-state index in [1.807, 2.05) is 0 Å². The highest BCUT2D eigenvalue weighted by molar-refractivity contribution is 9.09. The van der Waals surface area contributed by atoms with E-state index >= 15 is 0 Å². The van der Waals surface area contributed by atoms with Crippen LogP contribution in [0.4, 0.5) is 0 Å². The number of hydrogen-bond acceptors (Lipinski definition) is 1. The maximum absolute atomic E-state index is 5.77. The second-order valence-electron chi connectivity index (χ2n) is 3.43. The Labute approximate surface area is 77.6 Å². The number of hydrogen-bond donors (Lipinski definition) is 0. The van der Waals surface area contributed by atoms with Gasteiger partial charge in [0.25, 0.3) is 0 Å². The maximum atomic E-state index is 5.77. The fraction of sp³-hybridized carbons (Fsp3) is 1.00. The molecule has 1 nitrogen and oxygen atoms in total. The Morgan fingerprint density at radius 3 is 2.64 bits per heavy atom. The van der Waals surface area contributed by atoms with E-state index in [0.29, 0.717) is 12.2 Å². The molecule has 1 saturated carbocycles. The van der Waals surface area contributed by atoms with E-state index in [2.05, 4.69) is 29.8 Å². The van der Waals surface area contributed by atoms with Crippen molar-refractivity contribution in [3.05, 3.63) is 0 Å². The third-order valence-corrected chi connectivity index (χ3v) is 2.90. The van der Waals surface area contributed by atoms with Crippen LogP contribution in [-0.2, 0) is 4.74 Å². The van der Waals surface area contributed by atoms with Crippen molar-refractivity contribution < 1.29 is 4.74 Å². The van der Waals surface area contributed by atoms with Crippen LogP contribution >= 0.6 is 15.9 Å². The first-order valence-corrected chi connectivity index (χ1v) is 5.43. The van der Waals surface area contributed by atoms with E-state index in [1.165, 1.54) is 25.7 Å². The molecule has 1 aliphatic rings. The lowest BCUT2D eigenvalue weighted by atomic mass is 9.95. The van der Waals surface area contributed by atoms with Gasteiger partial charge in [0.15, 0.2) is 0 Å². The molecule has 0 spiro atoms. The lowest BCUT2D eigenvalue weighted by Crippen LogP contribution is -2.34. The molecule has 0 amide bonds. The zero-order valence-corrected chi connectivity index (χ0v) is 8.93. The summed E-state index contributed by atoms with van der Waals surface area (Å²) >= 11 is 3.55. The van der Waals surface area contributed by atoms with Crippen molar-refractivity contribution in [3.8, 4) is 0 Å². The highest BCUT2D eigenvalue weighted by Gasteiger charge is 2.28. The van der Waals surface area contributed by atoms with Crippen LogP contribution in [0.15, 0.2) is 0 Å². The van der Waals surface area contributed by atoms with E-state index in [-0.39, 0.29) is 0 Å². The fourth-order valence-electron chi connectivity index (χ4n) is 1.42. The first-order valence-electron chi connectivity index (χ1n) is 4.52. The lowest BCUT2D eigenvalue weighted by Gasteiger charge is -2.33. The van der Waals surface area contributed by atoms with Crippen molar-refractivity contribution >= 4 is 15.9 Å². The lowest BCUT2D eigenvalue weighted by molar-refractivity contribution is -0.0421. The fourth-order valence-corrected chi connectivity index (χ4v) is 2.25. The Hall–Kier alpha value is 0.440. The zero-order valence-electron chi connectivity index (χ0n) is 7.35. The summed E-state index contributed by atoms with van der Waals surface area (Å²) in [6.07, 6.45) is 5.84. The van der Waals surface area contributed by atoms with E-state index in [0.717, 1.165) is 4.83 Å². The van der Waals surface area contributed by atoms with Crippen molar-refractivity contribution in [2.24, 2.45) is 0 Å². The number of halogens is 1. The van der Waals surface area contributed by atoms with Crippen molar-refractivity contribution in [2.75, 3.05) is 0 Å². The number of alkyl halides is 1. The van der Waals surface area contributed by atoms with Crippen LogP contribution in [0.5, 0.6) is 0 Å². The molecule has 0 N–H and O–H groups in total. The van der Waals surface area contributed by atoms with Gasteiger partial charge in [0, 0.05) is 4.83 Å². The Balaban J connectivity index is 2.02. The van der Waals surface area contributed by atoms with Crippen molar-refractivity contribution in [1.29, 1.82) is 0 Å². The molecule has 0 radical (unpaired) electrons. The van der Waals surface area contributed by atoms with Gasteiger partial charge in [-0.25, -0.2) is 0 Å². The van der Waals surface area contributed by atoms with Gasteiger partial charge < -0.3 is 4.74 Å². The van der Waals surface area contributed by atoms with Gasteiger partial charge in [-0.05, 0) is 26.2 Å². The molecule has 0 saturated heterocycles. The second kappa shape index (κ2) is 4.46. The molecule has 0 heterocycles. The van der Waals surface area contributed by atoms with Gasteiger partial charge in [-0.3, -0.25) is 0 Å². The SMILES string of the molecule is CCCC(C)OC1CC(Br)C1. The summed E-state index contributed by atoms with van der Waals surface area (Å²) in [7, 11) is 0. The van der Waals surface area contributed by atoms with Crippen LogP contribution in [0, 0.1) is 0 Å². The van der Waals surface area contributed by atoms with Gasteiger partial charge in [-0.15, -0.1) is 0 Å². The smallest absolute Gasteiger partial charge is 0.0600 e. The van der Waals surface area contributed by atoms with Crippen molar-refractivity contribution in [1.82, 2.24) is 0 Å². The van der Waals surface area contributed by atoms with Gasteiger partial charge in [0.05, 0.1) is 12.2 Å². The summed E-state index contributed by atoms with van der Waals surface area (Å²) in [5.74, 6) is 0. The molecular formula is C9H17BrO. The first kappa shape index (κ1) is 9.53. The minimum absolute atomic E-state index is 0.463. The Morgan fingerprint density at radius 2 is 2.18 bits per heavy atom. The second-order valence-corrected chi connectivity index (χ2v) is 4.72. The van der Waals surface area contributed by atoms with Crippen LogP contribution < -0.4 is 0 Å². The predicted octanol–water partition coefficient (Wildman–Crippen LogP) is 3.12. The summed E-state index contributed by atoms with van der Waals surface area (Å²) in [5.41, 5.74) is 0. The molecule has 2 heteroatoms. The molecule has 1 aliphatic carbocycles. The van der Waals surface area contributed by atoms with E-state index in [9.17, 15) is 0 Å². The normalized spacial score (nSPS) is 33.0. The molecular weight excluding hydrogens is 204 g/mol. The quantitative estimate of drug-likeness (QED) is 0.662. The van der Waals surface area contributed by atoms with Crippen molar-refractivity contribution in [2.45, 2.75) is 56.6 Å². The summed E-state index contributed by atoms with van der Waals surface area (Å²) in [6, 6.07) is 0. The average Bonchev–Trinajstić information content (AvgIpc) is 1.85. The third-order valence-electron chi connectivity index (χ3n) is 2.16. The van der Waals surface area contributed by atoms with Crippen LogP contribution in [-0.4, -0.2) is 17.0 Å². The average molecular weight is 221 g/mol. The van der Waals surface area contributed by atoms with Crippen LogP contribution in [0.3, 0.4) is 0 Å². The summed E-state index contributed by atoms with van der Waals surface area (Å²) in [4.78, 5) is 0.723. The Morgan fingerprint density at radius 1 is 1.55 bits per heavy atom. The van der Waals surface area contributed by atoms with Crippen molar-refractivity contribution in [3.63, 3.8) is 0 Å². The molecule has 11 heavy (non-hydrogen) atoms. The minimum atomic E-state index is 0.463. The van der Waals surface area contributed by atoms with Crippen LogP contribution in [0.1, 0.15) is 39.5 Å². The molecule has 0 aliphatic heterocycles. The van der Waals surface area contributed by atoms with Crippen LogP contribution in [0.2, 0.25) is 0 Å². The molecule has 0 bridgehead atoms. The molecule has 0 aromatic carbocycles. The minimum Gasteiger partial charge on any atom is -0.375 e. The summed E-state index contributed by atoms with van der Waals surface area (Å²) < 4.78 is 5.77. The number of rotatable bonds is 4. The van der Waals surface area contributed by atoms with Gasteiger partial charge in [-0.1, -0.05) is 29.3 Å². The molecule has 66 valence electrons. The van der Waals surface area contributed by atoms with E-state index in [4.69, 9.17) is 4.74 Å². The third kappa shape index (κ3) is 3.12. The standard InChI is InChI=1S/C9H17BrO/c1-3-4-7(2)11-9-5-8(10)6-9/h7-9H,3-6H2,1-2H3. The van der Waals surface area contributed by atoms with E-state index < -0.39 is 0 Å². The largest absolute Gasteiger partial charge is 0.375 e. The summed E-state index contributed by atoms with van der Waals surface area (Å²) in [6.45, 7) is 4.37. The zero-order chi connectivity index (χ0) is 8.27. The number of ether oxygens (including phenoxy) is 1. The summed E-state index contributed by atoms with van der Waals surface area (Å²) in [5, 5.41) is 0. The topological polar surface area (TPSA) is 9.23 Å². The molecule has 1 rings (SSSR count). The Bertz CT molecular complexity index is 107.